The summed E-state index contributed by atoms with van der Waals surface area (Å²) in [5.41, 5.74) is 3.35. The Kier molecular flexibility index (Phi) is 5.29. The van der Waals surface area contributed by atoms with E-state index in [-0.39, 0.29) is 11.8 Å². The van der Waals surface area contributed by atoms with Gasteiger partial charge in [-0.05, 0) is 49.6 Å². The third kappa shape index (κ3) is 4.82. The summed E-state index contributed by atoms with van der Waals surface area (Å²) in [5, 5.41) is 5.82. The van der Waals surface area contributed by atoms with Crippen LogP contribution in [0.3, 0.4) is 0 Å². The second kappa shape index (κ2) is 8.18. The van der Waals surface area contributed by atoms with Crippen LogP contribution in [0.1, 0.15) is 34.5 Å². The van der Waals surface area contributed by atoms with Crippen LogP contribution in [0, 0.1) is 6.92 Å². The van der Waals surface area contributed by atoms with Crippen molar-refractivity contribution in [1.82, 2.24) is 20.3 Å². The first kappa shape index (κ1) is 18.7. The number of nitrogens with one attached hydrogen (secondary N) is 2. The summed E-state index contributed by atoms with van der Waals surface area (Å²) >= 11 is 0. The molecule has 0 radical (unpaired) electrons. The van der Waals surface area contributed by atoms with E-state index >= 15 is 0 Å². The maximum Gasteiger partial charge on any atom is 0.259 e. The predicted octanol–water partition coefficient (Wildman–Crippen LogP) is 2.92. The molecule has 0 saturated heterocycles. The van der Waals surface area contributed by atoms with Crippen molar-refractivity contribution in [3.05, 3.63) is 71.8 Å². The van der Waals surface area contributed by atoms with Crippen molar-refractivity contribution in [3.8, 4) is 11.4 Å². The molecule has 1 aliphatic rings. The van der Waals surface area contributed by atoms with Crippen LogP contribution in [0.25, 0.3) is 11.4 Å². The molecule has 4 rings (SSSR count). The molecule has 2 aromatic heterocycles. The van der Waals surface area contributed by atoms with Gasteiger partial charge in [-0.25, -0.2) is 9.97 Å². The molecule has 1 aromatic carbocycles. The predicted molar refractivity (Wildman–Crippen MR) is 109 cm³/mol. The van der Waals surface area contributed by atoms with E-state index in [0.717, 1.165) is 24.0 Å². The summed E-state index contributed by atoms with van der Waals surface area (Å²) in [6, 6.07) is 11.3. The Hall–Kier alpha value is -3.61. The van der Waals surface area contributed by atoms with E-state index in [2.05, 4.69) is 25.6 Å². The number of rotatable bonds is 6. The first-order valence-corrected chi connectivity index (χ1v) is 9.52. The molecule has 0 bridgehead atoms. The van der Waals surface area contributed by atoms with Gasteiger partial charge in [-0.3, -0.25) is 14.6 Å². The SMILES string of the molecule is Cc1nc(-c2cccnc2)ncc1C(=O)Nc1ccc(CC(=O)NC2CC2)cc1. The lowest BCUT2D eigenvalue weighted by molar-refractivity contribution is -0.120. The number of carbonyl (C=O) groups is 2. The highest BCUT2D eigenvalue weighted by Gasteiger charge is 2.23. The largest absolute Gasteiger partial charge is 0.353 e. The lowest BCUT2D eigenvalue weighted by Gasteiger charge is -2.09. The zero-order valence-corrected chi connectivity index (χ0v) is 16.1. The van der Waals surface area contributed by atoms with E-state index in [1.54, 1.807) is 31.5 Å². The van der Waals surface area contributed by atoms with Crippen LogP contribution in [-0.4, -0.2) is 32.8 Å². The van der Waals surface area contributed by atoms with Crippen LogP contribution in [-0.2, 0) is 11.2 Å². The van der Waals surface area contributed by atoms with E-state index < -0.39 is 0 Å². The van der Waals surface area contributed by atoms with E-state index in [4.69, 9.17) is 0 Å². The number of hydrogen-bond acceptors (Lipinski definition) is 5. The number of hydrogen-bond donors (Lipinski definition) is 2. The molecule has 2 N–H and O–H groups in total. The lowest BCUT2D eigenvalue weighted by Crippen LogP contribution is -2.26. The molecule has 146 valence electrons. The summed E-state index contributed by atoms with van der Waals surface area (Å²) in [6.45, 7) is 1.78. The van der Waals surface area contributed by atoms with Crippen LogP contribution in [0.15, 0.2) is 55.0 Å². The number of anilines is 1. The van der Waals surface area contributed by atoms with Crippen molar-refractivity contribution >= 4 is 17.5 Å². The fourth-order valence-electron chi connectivity index (χ4n) is 2.92. The van der Waals surface area contributed by atoms with Crippen molar-refractivity contribution in [1.29, 1.82) is 0 Å². The summed E-state index contributed by atoms with van der Waals surface area (Å²) in [7, 11) is 0. The van der Waals surface area contributed by atoms with E-state index in [1.165, 1.54) is 6.20 Å². The monoisotopic (exact) mass is 387 g/mol. The molecule has 2 heterocycles. The second-order valence-electron chi connectivity index (χ2n) is 7.10. The molecule has 0 unspecified atom stereocenters. The Labute approximate surface area is 168 Å². The van der Waals surface area contributed by atoms with Crippen LogP contribution in [0.2, 0.25) is 0 Å². The molecule has 0 spiro atoms. The minimum atomic E-state index is -0.278. The molecule has 2 amide bonds. The minimum absolute atomic E-state index is 0.0331. The van der Waals surface area contributed by atoms with Gasteiger partial charge < -0.3 is 10.6 Å². The van der Waals surface area contributed by atoms with Gasteiger partial charge >= 0.3 is 0 Å². The zero-order valence-electron chi connectivity index (χ0n) is 16.1. The number of aromatic nitrogens is 3. The van der Waals surface area contributed by atoms with Crippen LogP contribution < -0.4 is 10.6 Å². The van der Waals surface area contributed by atoms with E-state index in [9.17, 15) is 9.59 Å². The highest BCUT2D eigenvalue weighted by Crippen LogP contribution is 2.19. The fourth-order valence-corrected chi connectivity index (χ4v) is 2.92. The summed E-state index contributed by atoms with van der Waals surface area (Å²) in [5.74, 6) is 0.284. The zero-order chi connectivity index (χ0) is 20.2. The standard InChI is InChI=1S/C22H21N5O2/c1-14-19(13-24-21(25-14)16-3-2-10-23-12-16)22(29)27-18-6-4-15(5-7-18)11-20(28)26-17-8-9-17/h2-7,10,12-13,17H,8-9,11H2,1H3,(H,26,28)(H,27,29). The molecule has 7 heteroatoms. The second-order valence-corrected chi connectivity index (χ2v) is 7.10. The Morgan fingerprint density at radius 1 is 1.10 bits per heavy atom. The Bertz CT molecular complexity index is 1030. The number of nitrogens with zero attached hydrogens (tertiary/aromatic N) is 3. The molecule has 1 aliphatic carbocycles. The summed E-state index contributed by atoms with van der Waals surface area (Å²) in [6.07, 6.45) is 7.38. The molecule has 3 aromatic rings. The molecular weight excluding hydrogens is 366 g/mol. The third-order valence-corrected chi connectivity index (χ3v) is 4.66. The van der Waals surface area contributed by atoms with Crippen LogP contribution in [0.4, 0.5) is 5.69 Å². The lowest BCUT2D eigenvalue weighted by atomic mass is 10.1. The molecule has 1 fully saturated rings. The molecule has 1 saturated carbocycles. The van der Waals surface area contributed by atoms with Gasteiger partial charge in [0.25, 0.3) is 5.91 Å². The average molecular weight is 387 g/mol. The van der Waals surface area contributed by atoms with Crippen LogP contribution >= 0.6 is 0 Å². The van der Waals surface area contributed by atoms with Gasteiger partial charge in [0, 0.05) is 35.9 Å². The number of aryl methyl sites for hydroxylation is 1. The Morgan fingerprint density at radius 2 is 1.90 bits per heavy atom. The van der Waals surface area contributed by atoms with Crippen molar-refractivity contribution in [3.63, 3.8) is 0 Å². The quantitative estimate of drug-likeness (QED) is 0.678. The maximum atomic E-state index is 12.6. The van der Waals surface area contributed by atoms with Crippen molar-refractivity contribution in [2.75, 3.05) is 5.32 Å². The molecular formula is C22H21N5O2. The van der Waals surface area contributed by atoms with Gasteiger partial charge in [0.15, 0.2) is 5.82 Å². The van der Waals surface area contributed by atoms with E-state index in [0.29, 0.717) is 35.2 Å². The van der Waals surface area contributed by atoms with Gasteiger partial charge in [0.05, 0.1) is 17.7 Å². The topological polar surface area (TPSA) is 96.9 Å². The normalized spacial score (nSPS) is 13.0. The van der Waals surface area contributed by atoms with Crippen molar-refractivity contribution in [2.45, 2.75) is 32.2 Å². The first-order valence-electron chi connectivity index (χ1n) is 9.52. The maximum absolute atomic E-state index is 12.6. The first-order chi connectivity index (χ1) is 14.1. The number of carbonyl (C=O) groups excluding carboxylic acids is 2. The van der Waals surface area contributed by atoms with Crippen molar-refractivity contribution in [2.24, 2.45) is 0 Å². The van der Waals surface area contributed by atoms with Gasteiger partial charge in [-0.15, -0.1) is 0 Å². The molecule has 29 heavy (non-hydrogen) atoms. The Morgan fingerprint density at radius 3 is 2.55 bits per heavy atom. The van der Waals surface area contributed by atoms with Crippen molar-refractivity contribution < 1.29 is 9.59 Å². The van der Waals surface area contributed by atoms with E-state index in [1.807, 2.05) is 24.3 Å². The van der Waals surface area contributed by atoms with Gasteiger partial charge in [-0.2, -0.15) is 0 Å². The smallest absolute Gasteiger partial charge is 0.259 e. The third-order valence-electron chi connectivity index (χ3n) is 4.66. The number of benzene rings is 1. The molecule has 0 aliphatic heterocycles. The van der Waals surface area contributed by atoms with Crippen LogP contribution in [0.5, 0.6) is 0 Å². The molecule has 0 atom stereocenters. The summed E-state index contributed by atoms with van der Waals surface area (Å²) < 4.78 is 0. The van der Waals surface area contributed by atoms with Gasteiger partial charge in [-0.1, -0.05) is 12.1 Å². The highest BCUT2D eigenvalue weighted by molar-refractivity contribution is 6.04. The summed E-state index contributed by atoms with van der Waals surface area (Å²) in [4.78, 5) is 37.3. The molecule has 7 nitrogen and oxygen atoms in total. The van der Waals surface area contributed by atoms with Gasteiger partial charge in [0.2, 0.25) is 5.91 Å². The fraction of sp³-hybridized carbons (Fsp3) is 0.227. The van der Waals surface area contributed by atoms with Gasteiger partial charge in [0.1, 0.15) is 0 Å². The number of pyridine rings is 1. The average Bonchev–Trinajstić information content (AvgIpc) is 3.54. The Balaban J connectivity index is 1.40. The highest BCUT2D eigenvalue weighted by atomic mass is 16.2. The minimum Gasteiger partial charge on any atom is -0.353 e. The number of amides is 2.